The fraction of sp³-hybridized carbons (Fsp3) is 0.318. The van der Waals surface area contributed by atoms with Crippen molar-refractivity contribution in [3.05, 3.63) is 63.6 Å². The van der Waals surface area contributed by atoms with Crippen molar-refractivity contribution in [3.63, 3.8) is 0 Å². The zero-order chi connectivity index (χ0) is 18.5. The number of benzene rings is 2. The molecule has 3 rings (SSSR count). The van der Waals surface area contributed by atoms with Crippen LogP contribution in [0.1, 0.15) is 48.5 Å². The average molecular weight is 413 g/mol. The predicted molar refractivity (Wildman–Crippen MR) is 105 cm³/mol. The van der Waals surface area contributed by atoms with E-state index >= 15 is 0 Å². The van der Waals surface area contributed by atoms with Crippen LogP contribution in [-0.4, -0.2) is 13.1 Å². The van der Waals surface area contributed by atoms with Crippen molar-refractivity contribution < 1.29 is 14.3 Å². The van der Waals surface area contributed by atoms with E-state index in [4.69, 9.17) is 9.47 Å². The zero-order valence-electron chi connectivity index (χ0n) is 14.9. The molecule has 0 N–H and O–H groups in total. The summed E-state index contributed by atoms with van der Waals surface area (Å²) in [6, 6.07) is 14.2. The number of hydrogen-bond acceptors (Lipinski definition) is 3. The highest BCUT2D eigenvalue weighted by Gasteiger charge is 2.24. The number of carbonyl (C=O) groups is 1. The lowest BCUT2D eigenvalue weighted by molar-refractivity contribution is -0.140. The number of halogens is 1. The number of aryl methyl sites for hydroxylation is 1. The molecule has 0 saturated heterocycles. The Morgan fingerprint density at radius 3 is 2.73 bits per heavy atom. The van der Waals surface area contributed by atoms with Crippen LogP contribution in [0.25, 0.3) is 0 Å². The molecule has 0 aromatic heterocycles. The molecule has 0 radical (unpaired) electrons. The average Bonchev–Trinajstić information content (AvgIpc) is 3.04. The minimum Gasteiger partial charge on any atom is -0.486 e. The van der Waals surface area contributed by atoms with Crippen LogP contribution in [-0.2, 0) is 16.0 Å². The normalized spacial score (nSPS) is 16.2. The predicted octanol–water partition coefficient (Wildman–Crippen LogP) is 5.19. The fourth-order valence-corrected chi connectivity index (χ4v) is 3.66. The van der Waals surface area contributed by atoms with E-state index < -0.39 is 0 Å². The molecule has 2 unspecified atom stereocenters. The van der Waals surface area contributed by atoms with Gasteiger partial charge in [-0.15, -0.1) is 5.92 Å². The van der Waals surface area contributed by atoms with Crippen LogP contribution >= 0.6 is 15.9 Å². The molecular formula is C22H21BrO3. The third kappa shape index (κ3) is 4.28. The first kappa shape index (κ1) is 18.5. The van der Waals surface area contributed by atoms with Crippen LogP contribution in [0.15, 0.2) is 46.9 Å². The summed E-state index contributed by atoms with van der Waals surface area (Å²) < 4.78 is 12.0. The summed E-state index contributed by atoms with van der Waals surface area (Å²) in [6.07, 6.45) is 2.36. The number of methoxy groups -OCH3 is 1. The Kier molecular flexibility index (Phi) is 6.00. The van der Waals surface area contributed by atoms with Gasteiger partial charge in [0, 0.05) is 4.47 Å². The van der Waals surface area contributed by atoms with Gasteiger partial charge in [-0.25, -0.2) is 0 Å². The van der Waals surface area contributed by atoms with Crippen LogP contribution in [0.5, 0.6) is 5.75 Å². The first-order valence-corrected chi connectivity index (χ1v) is 9.44. The molecule has 0 spiro atoms. The minimum atomic E-state index is -0.258. The van der Waals surface area contributed by atoms with Gasteiger partial charge in [-0.3, -0.25) is 4.79 Å². The van der Waals surface area contributed by atoms with Crippen LogP contribution in [0.3, 0.4) is 0 Å². The molecule has 0 heterocycles. The molecule has 0 fully saturated rings. The third-order valence-electron chi connectivity index (χ3n) is 4.61. The van der Waals surface area contributed by atoms with E-state index in [1.165, 1.54) is 18.2 Å². The lowest BCUT2D eigenvalue weighted by Crippen LogP contribution is -2.08. The van der Waals surface area contributed by atoms with Crippen LogP contribution in [0, 0.1) is 11.8 Å². The van der Waals surface area contributed by atoms with Crippen LogP contribution in [0.2, 0.25) is 0 Å². The Hall–Kier alpha value is -2.25. The maximum absolute atomic E-state index is 11.6. The van der Waals surface area contributed by atoms with Gasteiger partial charge >= 0.3 is 5.97 Å². The SMILES string of the molecule is CC#CC(CC(=O)OC)c1ccc(OC2CCc3ccc(Br)cc32)cc1. The molecule has 2 atom stereocenters. The molecule has 134 valence electrons. The smallest absolute Gasteiger partial charge is 0.307 e. The number of hydrogen-bond donors (Lipinski definition) is 0. The maximum Gasteiger partial charge on any atom is 0.307 e. The number of ether oxygens (including phenoxy) is 2. The van der Waals surface area contributed by atoms with Gasteiger partial charge in [-0.2, -0.15) is 0 Å². The standard InChI is InChI=1S/C22H21BrO3/c1-3-4-17(13-22(24)25-2)15-6-10-19(11-7-15)26-21-12-8-16-5-9-18(23)14-20(16)21/h5-7,9-11,14,17,21H,8,12-13H2,1-2H3. The number of carbonyl (C=O) groups excluding carboxylic acids is 1. The van der Waals surface area contributed by atoms with Gasteiger partial charge in [0.2, 0.25) is 0 Å². The van der Waals surface area contributed by atoms with Crippen LogP contribution < -0.4 is 4.74 Å². The molecule has 1 aliphatic rings. The Labute approximate surface area is 162 Å². The summed E-state index contributed by atoms with van der Waals surface area (Å²) in [5.74, 6) is 6.38. The highest BCUT2D eigenvalue weighted by atomic mass is 79.9. The van der Waals surface area contributed by atoms with E-state index in [0.29, 0.717) is 0 Å². The largest absolute Gasteiger partial charge is 0.486 e. The molecular weight excluding hydrogens is 392 g/mol. The Bertz CT molecular complexity index is 846. The van der Waals surface area contributed by atoms with Crippen molar-refractivity contribution in [2.45, 2.75) is 38.2 Å². The van der Waals surface area contributed by atoms with Gasteiger partial charge in [-0.1, -0.05) is 40.0 Å². The topological polar surface area (TPSA) is 35.5 Å². The second-order valence-electron chi connectivity index (χ2n) is 6.28. The molecule has 1 aliphatic carbocycles. The maximum atomic E-state index is 11.6. The first-order chi connectivity index (χ1) is 12.6. The molecule has 26 heavy (non-hydrogen) atoms. The Morgan fingerprint density at radius 2 is 2.04 bits per heavy atom. The fourth-order valence-electron chi connectivity index (χ4n) is 3.28. The molecule has 2 aromatic rings. The van der Waals surface area contributed by atoms with E-state index in [0.717, 1.165) is 28.6 Å². The lowest BCUT2D eigenvalue weighted by Gasteiger charge is -2.16. The van der Waals surface area contributed by atoms with E-state index in [9.17, 15) is 4.79 Å². The van der Waals surface area contributed by atoms with Gasteiger partial charge < -0.3 is 9.47 Å². The van der Waals surface area contributed by atoms with Gasteiger partial charge in [0.25, 0.3) is 0 Å². The monoisotopic (exact) mass is 412 g/mol. The van der Waals surface area contributed by atoms with E-state index in [1.54, 1.807) is 6.92 Å². The highest BCUT2D eigenvalue weighted by molar-refractivity contribution is 9.10. The Balaban J connectivity index is 1.73. The van der Waals surface area contributed by atoms with Crippen LogP contribution in [0.4, 0.5) is 0 Å². The quantitative estimate of drug-likeness (QED) is 0.500. The zero-order valence-corrected chi connectivity index (χ0v) is 16.5. The molecule has 0 saturated carbocycles. The summed E-state index contributed by atoms with van der Waals surface area (Å²) in [7, 11) is 1.40. The molecule has 0 amide bonds. The van der Waals surface area contributed by atoms with Crippen molar-refractivity contribution in [1.82, 2.24) is 0 Å². The van der Waals surface area contributed by atoms with E-state index in [2.05, 4.69) is 46.0 Å². The summed E-state index contributed by atoms with van der Waals surface area (Å²) in [6.45, 7) is 1.78. The van der Waals surface area contributed by atoms with Gasteiger partial charge in [0.1, 0.15) is 11.9 Å². The number of esters is 1. The van der Waals surface area contributed by atoms with Gasteiger partial charge in [0.05, 0.1) is 19.4 Å². The molecule has 3 nitrogen and oxygen atoms in total. The summed E-state index contributed by atoms with van der Waals surface area (Å²) in [5.41, 5.74) is 3.60. The van der Waals surface area contributed by atoms with Crippen molar-refractivity contribution >= 4 is 21.9 Å². The molecule has 4 heteroatoms. The second kappa shape index (κ2) is 8.42. The summed E-state index contributed by atoms with van der Waals surface area (Å²) >= 11 is 3.54. The van der Waals surface area contributed by atoms with Crippen molar-refractivity contribution in [3.8, 4) is 17.6 Å². The van der Waals surface area contributed by atoms with E-state index in [-0.39, 0.29) is 24.4 Å². The third-order valence-corrected chi connectivity index (χ3v) is 5.10. The summed E-state index contributed by atoms with van der Waals surface area (Å²) in [5, 5.41) is 0. The molecule has 2 aromatic carbocycles. The van der Waals surface area contributed by atoms with Gasteiger partial charge in [0.15, 0.2) is 0 Å². The number of fused-ring (bicyclic) bond motifs is 1. The summed E-state index contributed by atoms with van der Waals surface area (Å²) in [4.78, 5) is 11.6. The molecule has 0 aliphatic heterocycles. The minimum absolute atomic E-state index is 0.0784. The number of rotatable bonds is 5. The Morgan fingerprint density at radius 1 is 1.27 bits per heavy atom. The van der Waals surface area contributed by atoms with E-state index in [1.807, 2.05) is 24.3 Å². The highest BCUT2D eigenvalue weighted by Crippen LogP contribution is 2.36. The lowest BCUT2D eigenvalue weighted by atomic mass is 9.96. The van der Waals surface area contributed by atoms with Gasteiger partial charge in [-0.05, 0) is 60.7 Å². The van der Waals surface area contributed by atoms with Crippen molar-refractivity contribution in [1.29, 1.82) is 0 Å². The molecule has 0 bridgehead atoms. The van der Waals surface area contributed by atoms with Crippen molar-refractivity contribution in [2.75, 3.05) is 7.11 Å². The first-order valence-electron chi connectivity index (χ1n) is 8.64. The second-order valence-corrected chi connectivity index (χ2v) is 7.20. The van der Waals surface area contributed by atoms with Crippen molar-refractivity contribution in [2.24, 2.45) is 0 Å².